The van der Waals surface area contributed by atoms with Crippen LogP contribution in [0.5, 0.6) is 0 Å². The largest absolute Gasteiger partial charge is 0.382 e. The molecule has 3 aromatic heterocycles. The Kier molecular flexibility index (Phi) is 3.85. The number of pyridine rings is 1. The second-order valence-corrected chi connectivity index (χ2v) is 9.47. The van der Waals surface area contributed by atoms with E-state index in [1.807, 2.05) is 6.92 Å². The van der Waals surface area contributed by atoms with Gasteiger partial charge in [-0.15, -0.1) is 5.10 Å². The number of morpholine rings is 1. The van der Waals surface area contributed by atoms with Crippen molar-refractivity contribution >= 4 is 32.5 Å². The van der Waals surface area contributed by atoms with E-state index in [0.717, 1.165) is 0 Å². The summed E-state index contributed by atoms with van der Waals surface area (Å²) in [5.74, 6) is 1.29. The van der Waals surface area contributed by atoms with E-state index in [1.165, 1.54) is 4.68 Å². The Morgan fingerprint density at radius 2 is 2.18 bits per heavy atom. The van der Waals surface area contributed by atoms with E-state index in [0.29, 0.717) is 55.3 Å². The molecular formula is C17H21N7O3S. The molecule has 1 saturated heterocycles. The molecule has 0 bridgehead atoms. The fraction of sp³-hybridized carbons (Fsp3) is 0.471. The van der Waals surface area contributed by atoms with E-state index in [2.05, 4.69) is 20.2 Å². The van der Waals surface area contributed by atoms with Crippen molar-refractivity contribution in [2.24, 2.45) is 0 Å². The first-order chi connectivity index (χ1) is 13.5. The predicted octanol–water partition coefficient (Wildman–Crippen LogP) is 0.887. The summed E-state index contributed by atoms with van der Waals surface area (Å²) in [4.78, 5) is 7.03. The number of aromatic amines is 1. The Balaban J connectivity index is 1.79. The minimum Gasteiger partial charge on any atom is -0.382 e. The van der Waals surface area contributed by atoms with Crippen LogP contribution >= 0.6 is 0 Å². The summed E-state index contributed by atoms with van der Waals surface area (Å²) in [5.41, 5.74) is 6.55. The lowest BCUT2D eigenvalue weighted by atomic mass is 10.2. The van der Waals surface area contributed by atoms with E-state index in [9.17, 15) is 8.42 Å². The zero-order valence-electron chi connectivity index (χ0n) is 15.4. The van der Waals surface area contributed by atoms with Gasteiger partial charge >= 0.3 is 0 Å². The first kappa shape index (κ1) is 17.4. The van der Waals surface area contributed by atoms with Crippen molar-refractivity contribution in [2.75, 3.05) is 30.4 Å². The number of sulfone groups is 1. The van der Waals surface area contributed by atoms with Gasteiger partial charge in [-0.1, -0.05) is 0 Å². The van der Waals surface area contributed by atoms with Crippen molar-refractivity contribution < 1.29 is 13.2 Å². The molecule has 1 aliphatic heterocycles. The number of aromatic nitrogens is 5. The third kappa shape index (κ3) is 2.65. The normalized spacial score (nSPS) is 20.8. The predicted molar refractivity (Wildman–Crippen MR) is 103 cm³/mol. The molecule has 0 aromatic carbocycles. The van der Waals surface area contributed by atoms with Crippen LogP contribution in [0.1, 0.15) is 19.8 Å². The third-order valence-electron chi connectivity index (χ3n) is 5.26. The number of rotatable bonds is 4. The number of ether oxygens (including phenoxy) is 1. The maximum Gasteiger partial charge on any atom is 0.182 e. The smallest absolute Gasteiger partial charge is 0.182 e. The van der Waals surface area contributed by atoms with E-state index < -0.39 is 9.84 Å². The number of hydrogen-bond donors (Lipinski definition) is 2. The van der Waals surface area contributed by atoms with Gasteiger partial charge in [-0.2, -0.15) is 9.78 Å². The summed E-state index contributed by atoms with van der Waals surface area (Å²) in [7, 11) is -3.51. The zero-order valence-corrected chi connectivity index (χ0v) is 16.2. The molecule has 5 rings (SSSR count). The van der Waals surface area contributed by atoms with Gasteiger partial charge in [-0.3, -0.25) is 5.10 Å². The Hall–Kier alpha value is -2.66. The molecule has 4 heterocycles. The molecule has 2 aliphatic rings. The molecule has 0 amide bonds. The minimum absolute atomic E-state index is 0.0797. The fourth-order valence-corrected chi connectivity index (χ4v) is 5.49. The SMILES string of the molecule is C[C@@H]1COCCN1c1cc(S(=O)(=O)C2CC2)c2c(N)nn(-c3ccn[nH]3)c2n1. The molecule has 1 atom stereocenters. The van der Waals surface area contributed by atoms with Crippen LogP contribution in [0.4, 0.5) is 11.6 Å². The van der Waals surface area contributed by atoms with Crippen molar-refractivity contribution in [3.8, 4) is 5.82 Å². The molecule has 10 nitrogen and oxygen atoms in total. The molecule has 0 radical (unpaired) electrons. The summed E-state index contributed by atoms with van der Waals surface area (Å²) in [5, 5.41) is 11.1. The topological polar surface area (TPSA) is 132 Å². The van der Waals surface area contributed by atoms with Gasteiger partial charge in [0.25, 0.3) is 0 Å². The molecule has 2 fully saturated rings. The third-order valence-corrected chi connectivity index (χ3v) is 7.55. The lowest BCUT2D eigenvalue weighted by Crippen LogP contribution is -2.44. The molecule has 1 saturated carbocycles. The Labute approximate surface area is 161 Å². The second-order valence-electron chi connectivity index (χ2n) is 7.28. The zero-order chi connectivity index (χ0) is 19.5. The number of nitrogens with two attached hydrogens (primary N) is 1. The van der Waals surface area contributed by atoms with E-state index in [4.69, 9.17) is 15.5 Å². The van der Waals surface area contributed by atoms with Crippen molar-refractivity contribution in [1.82, 2.24) is 25.0 Å². The number of nitrogens with one attached hydrogen (secondary N) is 1. The van der Waals surface area contributed by atoms with Gasteiger partial charge in [0.2, 0.25) is 0 Å². The van der Waals surface area contributed by atoms with Crippen molar-refractivity contribution in [2.45, 2.75) is 36.0 Å². The number of fused-ring (bicyclic) bond motifs is 1. The number of nitrogens with zero attached hydrogens (tertiary/aromatic N) is 5. The second kappa shape index (κ2) is 6.17. The summed E-state index contributed by atoms with van der Waals surface area (Å²) in [6.45, 7) is 3.79. The van der Waals surface area contributed by atoms with E-state index in [-0.39, 0.29) is 22.0 Å². The molecule has 3 N–H and O–H groups in total. The van der Waals surface area contributed by atoms with Gasteiger partial charge in [-0.05, 0) is 19.8 Å². The van der Waals surface area contributed by atoms with Crippen LogP contribution in [-0.4, -0.2) is 64.4 Å². The van der Waals surface area contributed by atoms with Gasteiger partial charge in [-0.25, -0.2) is 13.4 Å². The summed E-state index contributed by atoms with van der Waals surface area (Å²) in [6, 6.07) is 3.45. The molecule has 11 heteroatoms. The number of H-pyrrole nitrogens is 1. The van der Waals surface area contributed by atoms with E-state index in [1.54, 1.807) is 18.3 Å². The molecule has 0 unspecified atom stereocenters. The standard InChI is InChI=1S/C17H21N7O3S/c1-10-9-27-7-6-23(10)14-8-12(28(25,26)11-2-3-11)15-16(18)22-24(17(15)20-14)13-4-5-19-21-13/h4-5,8,10-11H,2-3,6-7,9H2,1H3,(H2,18,22)(H,19,21)/t10-/m1/s1. The number of hydrogen-bond acceptors (Lipinski definition) is 8. The summed E-state index contributed by atoms with van der Waals surface area (Å²) >= 11 is 0. The van der Waals surface area contributed by atoms with Crippen LogP contribution in [0.15, 0.2) is 23.2 Å². The monoisotopic (exact) mass is 403 g/mol. The highest BCUT2D eigenvalue weighted by Gasteiger charge is 2.40. The Morgan fingerprint density at radius 3 is 2.86 bits per heavy atom. The highest BCUT2D eigenvalue weighted by Crippen LogP contribution is 2.40. The minimum atomic E-state index is -3.51. The van der Waals surface area contributed by atoms with Gasteiger partial charge in [0.15, 0.2) is 27.1 Å². The molecule has 1 aliphatic carbocycles. The summed E-state index contributed by atoms with van der Waals surface area (Å²) in [6.07, 6.45) is 2.93. The first-order valence-corrected chi connectivity index (χ1v) is 10.8. The van der Waals surface area contributed by atoms with E-state index >= 15 is 0 Å². The van der Waals surface area contributed by atoms with Crippen molar-refractivity contribution in [3.63, 3.8) is 0 Å². The summed E-state index contributed by atoms with van der Waals surface area (Å²) < 4.78 is 33.4. The molecule has 148 valence electrons. The van der Waals surface area contributed by atoms with Crippen LogP contribution in [0.2, 0.25) is 0 Å². The molecule has 0 spiro atoms. The molecular weight excluding hydrogens is 382 g/mol. The van der Waals surface area contributed by atoms with Crippen LogP contribution in [0.3, 0.4) is 0 Å². The quantitative estimate of drug-likeness (QED) is 0.656. The lowest BCUT2D eigenvalue weighted by Gasteiger charge is -2.34. The lowest BCUT2D eigenvalue weighted by molar-refractivity contribution is 0.0985. The maximum absolute atomic E-state index is 13.2. The highest BCUT2D eigenvalue weighted by atomic mass is 32.2. The van der Waals surface area contributed by atoms with Crippen molar-refractivity contribution in [3.05, 3.63) is 18.3 Å². The average Bonchev–Trinajstić information content (AvgIpc) is 3.32. The van der Waals surface area contributed by atoms with Gasteiger partial charge in [0, 0.05) is 18.7 Å². The average molecular weight is 403 g/mol. The first-order valence-electron chi connectivity index (χ1n) is 9.24. The number of anilines is 2. The van der Waals surface area contributed by atoms with Gasteiger partial charge in [0.1, 0.15) is 5.82 Å². The van der Waals surface area contributed by atoms with Crippen LogP contribution in [0, 0.1) is 0 Å². The van der Waals surface area contributed by atoms with Crippen LogP contribution in [0.25, 0.3) is 16.9 Å². The molecule has 3 aromatic rings. The van der Waals surface area contributed by atoms with Crippen LogP contribution in [-0.2, 0) is 14.6 Å². The maximum atomic E-state index is 13.2. The Morgan fingerprint density at radius 1 is 1.36 bits per heavy atom. The van der Waals surface area contributed by atoms with Crippen LogP contribution < -0.4 is 10.6 Å². The Bertz CT molecular complexity index is 1140. The van der Waals surface area contributed by atoms with Gasteiger partial charge < -0.3 is 15.4 Å². The molecule has 28 heavy (non-hydrogen) atoms. The van der Waals surface area contributed by atoms with Gasteiger partial charge in [0.05, 0.1) is 41.0 Å². The number of nitrogen functional groups attached to an aromatic ring is 1. The fourth-order valence-electron chi connectivity index (χ4n) is 3.63. The van der Waals surface area contributed by atoms with Crippen molar-refractivity contribution in [1.29, 1.82) is 0 Å². The highest BCUT2D eigenvalue weighted by molar-refractivity contribution is 7.92.